The molecule has 1 fully saturated rings. The molecule has 1 unspecified atom stereocenters. The van der Waals surface area contributed by atoms with Gasteiger partial charge >= 0.3 is 0 Å². The monoisotopic (exact) mass is 395 g/mol. The highest BCUT2D eigenvalue weighted by Crippen LogP contribution is 2.33. The number of rotatable bonds is 5. The van der Waals surface area contributed by atoms with Gasteiger partial charge in [-0.05, 0) is 44.2 Å². The number of fused-ring (bicyclic) bond motifs is 1. The summed E-state index contributed by atoms with van der Waals surface area (Å²) in [5.41, 5.74) is 2.55. The van der Waals surface area contributed by atoms with Crippen LogP contribution >= 0.6 is 0 Å². The van der Waals surface area contributed by atoms with Crippen molar-refractivity contribution < 1.29 is 14.3 Å². The van der Waals surface area contributed by atoms with Crippen molar-refractivity contribution in [2.24, 2.45) is 0 Å². The first-order valence-corrected chi connectivity index (χ1v) is 10.1. The minimum absolute atomic E-state index is 0.153. The Balaban J connectivity index is 1.58. The molecule has 1 saturated heterocycles. The topological polar surface area (TPSA) is 96.4 Å². The molecule has 3 heterocycles. The molecule has 8 heteroatoms. The second-order valence-electron chi connectivity index (χ2n) is 7.17. The van der Waals surface area contributed by atoms with Crippen LogP contribution in [0.2, 0.25) is 0 Å². The van der Waals surface area contributed by atoms with Crippen LogP contribution in [0.5, 0.6) is 5.88 Å². The van der Waals surface area contributed by atoms with E-state index < -0.39 is 11.9 Å². The third-order valence-electron chi connectivity index (χ3n) is 5.24. The first-order valence-electron chi connectivity index (χ1n) is 10.1. The maximum atomic E-state index is 12.8. The van der Waals surface area contributed by atoms with Gasteiger partial charge in [0.05, 0.1) is 6.61 Å². The number of carbonyl (C=O) groups is 2. The van der Waals surface area contributed by atoms with Crippen molar-refractivity contribution in [3.05, 3.63) is 41.6 Å². The molecule has 152 valence electrons. The molecule has 0 radical (unpaired) electrons. The molecule has 2 aliphatic rings. The van der Waals surface area contributed by atoms with Crippen molar-refractivity contribution >= 4 is 23.5 Å². The van der Waals surface area contributed by atoms with Crippen molar-refractivity contribution in [1.82, 2.24) is 20.6 Å². The number of nitrogens with one attached hydrogen (secondary N) is 2. The lowest BCUT2D eigenvalue weighted by atomic mass is 10.1. The van der Waals surface area contributed by atoms with Crippen molar-refractivity contribution in [2.45, 2.75) is 38.6 Å². The van der Waals surface area contributed by atoms with E-state index in [0.717, 1.165) is 31.5 Å². The summed E-state index contributed by atoms with van der Waals surface area (Å²) in [4.78, 5) is 36.0. The van der Waals surface area contributed by atoms with Crippen LogP contribution in [0.3, 0.4) is 0 Å². The molecule has 29 heavy (non-hydrogen) atoms. The number of amides is 2. The highest BCUT2D eigenvalue weighted by atomic mass is 16.5. The first-order chi connectivity index (χ1) is 14.2. The first kappa shape index (κ1) is 19.2. The highest BCUT2D eigenvalue weighted by Gasteiger charge is 2.27. The summed E-state index contributed by atoms with van der Waals surface area (Å²) in [7, 11) is 0. The number of ether oxygens (including phenoxy) is 1. The molecule has 0 spiro atoms. The molecule has 8 nitrogen and oxygen atoms in total. The van der Waals surface area contributed by atoms with Gasteiger partial charge in [0.25, 0.3) is 5.91 Å². The summed E-state index contributed by atoms with van der Waals surface area (Å²) >= 11 is 0. The Morgan fingerprint density at radius 2 is 2.21 bits per heavy atom. The van der Waals surface area contributed by atoms with Crippen molar-refractivity contribution in [1.29, 1.82) is 0 Å². The fraction of sp³-hybridized carbons (Fsp3) is 0.429. The third-order valence-corrected chi connectivity index (χ3v) is 5.24. The standard InChI is InChI=1S/C21H25N5O3/c1-2-29-20-15(18(27)24-16-8-5-6-11-22-19(16)28)13-23-21(25-20)26-12-10-14-7-3-4-9-17(14)26/h3-4,7,9,13,16H,2,5-6,8,10-12H2,1H3,(H,22,28)(H,24,27). The lowest BCUT2D eigenvalue weighted by Crippen LogP contribution is -2.45. The van der Waals surface area contributed by atoms with E-state index in [0.29, 0.717) is 25.5 Å². The van der Waals surface area contributed by atoms with E-state index in [1.165, 1.54) is 11.8 Å². The van der Waals surface area contributed by atoms with Crippen LogP contribution in [0.4, 0.5) is 11.6 Å². The van der Waals surface area contributed by atoms with E-state index in [2.05, 4.69) is 26.7 Å². The molecule has 1 atom stereocenters. The molecular formula is C21H25N5O3. The van der Waals surface area contributed by atoms with Crippen LogP contribution in [0.1, 0.15) is 42.1 Å². The molecule has 4 rings (SSSR count). The molecule has 2 aliphatic heterocycles. The minimum Gasteiger partial charge on any atom is -0.477 e. The van der Waals surface area contributed by atoms with Crippen LogP contribution < -0.4 is 20.3 Å². The summed E-state index contributed by atoms with van der Waals surface area (Å²) < 4.78 is 5.65. The van der Waals surface area contributed by atoms with Gasteiger partial charge in [-0.3, -0.25) is 9.59 Å². The quantitative estimate of drug-likeness (QED) is 0.804. The average molecular weight is 395 g/mol. The number of hydrogen-bond acceptors (Lipinski definition) is 6. The number of para-hydroxylation sites is 1. The summed E-state index contributed by atoms with van der Waals surface area (Å²) in [5.74, 6) is 0.180. The number of carbonyl (C=O) groups excluding carboxylic acids is 2. The third kappa shape index (κ3) is 4.01. The van der Waals surface area contributed by atoms with Crippen LogP contribution in [0, 0.1) is 0 Å². The van der Waals surface area contributed by atoms with Crippen LogP contribution in [-0.4, -0.2) is 47.5 Å². The molecule has 1 aromatic heterocycles. The minimum atomic E-state index is -0.551. The molecular weight excluding hydrogens is 370 g/mol. The van der Waals surface area contributed by atoms with E-state index >= 15 is 0 Å². The van der Waals surface area contributed by atoms with E-state index in [1.54, 1.807) is 0 Å². The lowest BCUT2D eigenvalue weighted by Gasteiger charge is -2.19. The molecule has 2 aromatic rings. The van der Waals surface area contributed by atoms with E-state index in [9.17, 15) is 9.59 Å². The zero-order valence-electron chi connectivity index (χ0n) is 16.5. The number of benzene rings is 1. The van der Waals surface area contributed by atoms with E-state index in [-0.39, 0.29) is 17.4 Å². The van der Waals surface area contributed by atoms with Crippen LogP contribution in [0.15, 0.2) is 30.5 Å². The van der Waals surface area contributed by atoms with Crippen LogP contribution in [-0.2, 0) is 11.2 Å². The maximum Gasteiger partial charge on any atom is 0.259 e. The summed E-state index contributed by atoms with van der Waals surface area (Å²) in [6, 6.07) is 7.59. The molecule has 0 bridgehead atoms. The summed E-state index contributed by atoms with van der Waals surface area (Å²) in [5, 5.41) is 5.63. The van der Waals surface area contributed by atoms with Gasteiger partial charge in [-0.1, -0.05) is 18.2 Å². The predicted octanol–water partition coefficient (Wildman–Crippen LogP) is 1.97. The number of aromatic nitrogens is 2. The van der Waals surface area contributed by atoms with Crippen LogP contribution in [0.25, 0.3) is 0 Å². The smallest absolute Gasteiger partial charge is 0.259 e. The maximum absolute atomic E-state index is 12.8. The van der Waals surface area contributed by atoms with Crippen molar-refractivity contribution in [3.8, 4) is 5.88 Å². The fourth-order valence-electron chi connectivity index (χ4n) is 3.75. The molecule has 1 aromatic carbocycles. The number of nitrogens with zero attached hydrogens (tertiary/aromatic N) is 3. The average Bonchev–Trinajstić information content (AvgIpc) is 3.06. The number of hydrogen-bond donors (Lipinski definition) is 2. The van der Waals surface area contributed by atoms with Gasteiger partial charge in [0.2, 0.25) is 17.7 Å². The zero-order chi connectivity index (χ0) is 20.2. The Bertz CT molecular complexity index is 917. The van der Waals surface area contributed by atoms with Gasteiger partial charge in [-0.15, -0.1) is 0 Å². The molecule has 0 saturated carbocycles. The highest BCUT2D eigenvalue weighted by molar-refractivity contribution is 5.99. The van der Waals surface area contributed by atoms with Gasteiger partial charge in [-0.25, -0.2) is 4.98 Å². The second kappa shape index (κ2) is 8.46. The Hall–Kier alpha value is -3.16. The Morgan fingerprint density at radius 3 is 3.07 bits per heavy atom. The van der Waals surface area contributed by atoms with Gasteiger partial charge in [0.15, 0.2) is 0 Å². The normalized spacial score (nSPS) is 18.6. The number of anilines is 2. The Kier molecular flexibility index (Phi) is 5.59. The van der Waals surface area contributed by atoms with Crippen molar-refractivity contribution in [3.63, 3.8) is 0 Å². The largest absolute Gasteiger partial charge is 0.477 e. The molecule has 2 N–H and O–H groups in total. The Morgan fingerprint density at radius 1 is 1.34 bits per heavy atom. The van der Waals surface area contributed by atoms with Gasteiger partial charge < -0.3 is 20.3 Å². The van der Waals surface area contributed by atoms with Gasteiger partial charge in [0, 0.05) is 25.0 Å². The predicted molar refractivity (Wildman–Crippen MR) is 108 cm³/mol. The van der Waals surface area contributed by atoms with Gasteiger partial charge in [-0.2, -0.15) is 4.98 Å². The molecule has 0 aliphatic carbocycles. The zero-order valence-corrected chi connectivity index (χ0v) is 16.5. The fourth-order valence-corrected chi connectivity index (χ4v) is 3.75. The lowest BCUT2D eigenvalue weighted by molar-refractivity contribution is -0.122. The van der Waals surface area contributed by atoms with E-state index in [4.69, 9.17) is 4.74 Å². The molecule has 2 amide bonds. The second-order valence-corrected chi connectivity index (χ2v) is 7.17. The van der Waals surface area contributed by atoms with Gasteiger partial charge in [0.1, 0.15) is 11.6 Å². The van der Waals surface area contributed by atoms with E-state index in [1.807, 2.05) is 30.0 Å². The summed E-state index contributed by atoms with van der Waals surface area (Å²) in [6.07, 6.45) is 4.81. The Labute approximate surface area is 169 Å². The SMILES string of the molecule is CCOc1nc(N2CCc3ccccc32)ncc1C(=O)NC1CCCCNC1=O. The summed E-state index contributed by atoms with van der Waals surface area (Å²) in [6.45, 7) is 3.63. The van der Waals surface area contributed by atoms with Crippen molar-refractivity contribution in [2.75, 3.05) is 24.6 Å².